The maximum absolute atomic E-state index is 12.8. The Bertz CT molecular complexity index is 1730. The summed E-state index contributed by atoms with van der Waals surface area (Å²) in [7, 11) is 2.06. The number of carbonyl (C=O) groups is 1. The first kappa shape index (κ1) is 24.0. The number of fused-ring (bicyclic) bond motifs is 2. The number of hydrogen-bond donors (Lipinski definition) is 4. The van der Waals surface area contributed by atoms with Gasteiger partial charge in [-0.1, -0.05) is 12.1 Å². The minimum atomic E-state index is -0.118. The van der Waals surface area contributed by atoms with E-state index in [9.17, 15) is 4.79 Å². The van der Waals surface area contributed by atoms with Crippen LogP contribution in [-0.2, 0) is 0 Å². The third-order valence-electron chi connectivity index (χ3n) is 7.28. The Balaban J connectivity index is 1.18. The maximum atomic E-state index is 12.8. The normalized spacial score (nSPS) is 15.4. The van der Waals surface area contributed by atoms with Crippen molar-refractivity contribution in [2.24, 2.45) is 0 Å². The van der Waals surface area contributed by atoms with E-state index in [0.29, 0.717) is 36.8 Å². The molecule has 0 unspecified atom stereocenters. The fourth-order valence-corrected chi connectivity index (χ4v) is 5.07. The Hall–Kier alpha value is -5.10. The number of imidazole rings is 1. The lowest BCUT2D eigenvalue weighted by molar-refractivity contribution is 0.164. The number of hydrogen-bond acceptors (Lipinski definition) is 8. The van der Waals surface area contributed by atoms with Crippen molar-refractivity contribution in [1.29, 1.82) is 0 Å². The van der Waals surface area contributed by atoms with Crippen LogP contribution in [0.5, 0.6) is 0 Å². The molecule has 0 saturated carbocycles. The Morgan fingerprint density at radius 1 is 0.975 bits per heavy atom. The van der Waals surface area contributed by atoms with Gasteiger partial charge in [-0.05, 0) is 25.2 Å². The van der Waals surface area contributed by atoms with Gasteiger partial charge >= 0.3 is 6.03 Å². The summed E-state index contributed by atoms with van der Waals surface area (Å²) in [6.45, 7) is 3.79. The quantitative estimate of drug-likeness (QED) is 0.275. The molecule has 12 nitrogen and oxygen atoms in total. The summed E-state index contributed by atoms with van der Waals surface area (Å²) >= 11 is 0. The van der Waals surface area contributed by atoms with Gasteiger partial charge in [-0.2, -0.15) is 5.10 Å². The van der Waals surface area contributed by atoms with Gasteiger partial charge in [0.05, 0.1) is 23.0 Å². The molecule has 200 valence electrons. The van der Waals surface area contributed by atoms with E-state index in [1.54, 1.807) is 24.8 Å². The fourth-order valence-electron chi connectivity index (χ4n) is 5.07. The molecular weight excluding hydrogens is 506 g/mol. The minimum absolute atomic E-state index is 0.118. The topological polar surface area (TPSA) is 144 Å². The average Bonchev–Trinajstić information content (AvgIpc) is 3.62. The van der Waals surface area contributed by atoms with Gasteiger partial charge in [0.2, 0.25) is 0 Å². The molecule has 0 bridgehead atoms. The number of H-pyrrole nitrogens is 2. The van der Waals surface area contributed by atoms with Crippen molar-refractivity contribution in [2.45, 2.75) is 0 Å². The summed E-state index contributed by atoms with van der Waals surface area (Å²) in [5.74, 6) is 1.43. The summed E-state index contributed by atoms with van der Waals surface area (Å²) in [4.78, 5) is 38.3. The molecule has 4 N–H and O–H groups in total. The smallest absolute Gasteiger partial charge is 0.321 e. The first-order valence-corrected chi connectivity index (χ1v) is 13.1. The number of anilines is 2. The zero-order valence-electron chi connectivity index (χ0n) is 21.8. The van der Waals surface area contributed by atoms with E-state index in [2.05, 4.69) is 58.8 Å². The number of nitrogens with one attached hydrogen (secondary N) is 4. The molecule has 2 amide bonds. The van der Waals surface area contributed by atoms with Gasteiger partial charge in [0.1, 0.15) is 5.69 Å². The first-order chi connectivity index (χ1) is 19.6. The van der Waals surface area contributed by atoms with Crippen LogP contribution < -0.4 is 10.6 Å². The van der Waals surface area contributed by atoms with Gasteiger partial charge in [-0.25, -0.2) is 14.8 Å². The Morgan fingerprint density at radius 3 is 2.67 bits per heavy atom. The standard InChI is InChI=1S/C28H27N11O/c1-38-7-9-39(10-8-38)28(40)33-20-11-18(14-30-16-20)19-12-22-24(36-37-25(22)32-15-19)27-34-23-21(4-6-31-26(23)35-27)17-3-2-5-29-13-17/h2-5,11-16,31H,6-10H2,1H3,(H,33,40)(H,34,35)(H,32,36,37). The second-order valence-corrected chi connectivity index (χ2v) is 9.93. The SMILES string of the molecule is CN1CCN(C(=O)Nc2cncc(-c3cnc4n[nH]c(-c5nc6c([nH]5)C(c5cccnc5)=CCN6)c4c3)c2)CC1. The van der Waals surface area contributed by atoms with Crippen molar-refractivity contribution < 1.29 is 4.79 Å². The van der Waals surface area contributed by atoms with Crippen LogP contribution in [0.25, 0.3) is 39.3 Å². The molecule has 5 aromatic rings. The average molecular weight is 534 g/mol. The molecule has 1 saturated heterocycles. The van der Waals surface area contributed by atoms with Gasteiger partial charge in [0.25, 0.3) is 0 Å². The number of rotatable bonds is 4. The largest absolute Gasteiger partial charge is 0.365 e. The molecule has 0 atom stereocenters. The molecule has 0 aromatic carbocycles. The summed E-state index contributed by atoms with van der Waals surface area (Å²) in [5, 5.41) is 14.7. The van der Waals surface area contributed by atoms with Gasteiger partial charge in [0.15, 0.2) is 17.3 Å². The van der Waals surface area contributed by atoms with E-state index >= 15 is 0 Å². The molecule has 7 rings (SSSR count). The van der Waals surface area contributed by atoms with Crippen molar-refractivity contribution in [3.63, 3.8) is 0 Å². The van der Waals surface area contributed by atoms with Crippen molar-refractivity contribution in [2.75, 3.05) is 50.4 Å². The van der Waals surface area contributed by atoms with E-state index in [1.165, 1.54) is 0 Å². The van der Waals surface area contributed by atoms with Gasteiger partial charge in [-0.15, -0.1) is 0 Å². The summed E-state index contributed by atoms with van der Waals surface area (Å²) < 4.78 is 0. The molecule has 0 radical (unpaired) electrons. The zero-order valence-corrected chi connectivity index (χ0v) is 21.8. The molecule has 7 heterocycles. The van der Waals surface area contributed by atoms with Crippen LogP contribution >= 0.6 is 0 Å². The van der Waals surface area contributed by atoms with E-state index in [4.69, 9.17) is 4.98 Å². The summed E-state index contributed by atoms with van der Waals surface area (Å²) in [6.07, 6.45) is 10.9. The van der Waals surface area contributed by atoms with E-state index in [1.807, 2.05) is 35.4 Å². The van der Waals surface area contributed by atoms with Crippen LogP contribution in [-0.4, -0.2) is 90.7 Å². The number of aromatic amines is 2. The number of pyridine rings is 3. The molecule has 1 fully saturated rings. The number of piperazine rings is 1. The molecule has 0 aliphatic carbocycles. The van der Waals surface area contributed by atoms with Crippen molar-refractivity contribution in [1.82, 2.24) is 44.9 Å². The van der Waals surface area contributed by atoms with E-state index in [0.717, 1.165) is 57.9 Å². The number of carbonyl (C=O) groups excluding carboxylic acids is 1. The highest BCUT2D eigenvalue weighted by Gasteiger charge is 2.22. The van der Waals surface area contributed by atoms with Gasteiger partial charge < -0.3 is 25.4 Å². The first-order valence-electron chi connectivity index (χ1n) is 13.1. The second-order valence-electron chi connectivity index (χ2n) is 9.93. The van der Waals surface area contributed by atoms with Crippen LogP contribution in [0.1, 0.15) is 11.3 Å². The van der Waals surface area contributed by atoms with Crippen molar-refractivity contribution >= 4 is 34.1 Å². The molecular formula is C28H27N11O. The number of aromatic nitrogens is 7. The van der Waals surface area contributed by atoms with Crippen LogP contribution in [0.2, 0.25) is 0 Å². The highest BCUT2D eigenvalue weighted by Crippen LogP contribution is 2.35. The minimum Gasteiger partial charge on any atom is -0.365 e. The lowest BCUT2D eigenvalue weighted by Crippen LogP contribution is -2.48. The van der Waals surface area contributed by atoms with Crippen LogP contribution in [0, 0.1) is 0 Å². The van der Waals surface area contributed by atoms with Crippen molar-refractivity contribution in [3.05, 3.63) is 72.6 Å². The Labute approximate surface area is 229 Å². The number of nitrogens with zero attached hydrogens (tertiary/aromatic N) is 7. The highest BCUT2D eigenvalue weighted by molar-refractivity contribution is 5.94. The zero-order chi connectivity index (χ0) is 27.1. The molecule has 40 heavy (non-hydrogen) atoms. The van der Waals surface area contributed by atoms with Gasteiger partial charge in [-0.3, -0.25) is 15.1 Å². The second kappa shape index (κ2) is 9.89. The van der Waals surface area contributed by atoms with Crippen molar-refractivity contribution in [3.8, 4) is 22.6 Å². The van der Waals surface area contributed by atoms with E-state index in [-0.39, 0.29) is 6.03 Å². The fraction of sp³-hybridized carbons (Fsp3) is 0.214. The summed E-state index contributed by atoms with van der Waals surface area (Å²) in [5.41, 5.74) is 6.59. The third-order valence-corrected chi connectivity index (χ3v) is 7.28. The molecule has 12 heteroatoms. The maximum Gasteiger partial charge on any atom is 0.321 e. The molecule has 2 aliphatic heterocycles. The predicted molar refractivity (Wildman–Crippen MR) is 153 cm³/mol. The molecule has 2 aliphatic rings. The Morgan fingerprint density at radius 2 is 1.82 bits per heavy atom. The van der Waals surface area contributed by atoms with E-state index < -0.39 is 0 Å². The van der Waals surface area contributed by atoms with Crippen LogP contribution in [0.4, 0.5) is 16.3 Å². The van der Waals surface area contributed by atoms with Crippen LogP contribution in [0.15, 0.2) is 61.3 Å². The predicted octanol–water partition coefficient (Wildman–Crippen LogP) is 3.44. The van der Waals surface area contributed by atoms with Gasteiger partial charge in [0, 0.05) is 79.8 Å². The third kappa shape index (κ3) is 4.43. The van der Waals surface area contributed by atoms with Crippen LogP contribution in [0.3, 0.4) is 0 Å². The molecule has 0 spiro atoms. The monoisotopic (exact) mass is 533 g/mol. The number of likely N-dealkylation sites (N-methyl/N-ethyl adjacent to an activating group) is 1. The highest BCUT2D eigenvalue weighted by atomic mass is 16.2. The number of amides is 2. The number of urea groups is 1. The lowest BCUT2D eigenvalue weighted by Gasteiger charge is -2.32. The molecule has 5 aromatic heterocycles. The lowest BCUT2D eigenvalue weighted by atomic mass is 10.0. The Kier molecular flexibility index (Phi) is 5.93. The summed E-state index contributed by atoms with van der Waals surface area (Å²) in [6, 6.07) is 7.76.